The Kier molecular flexibility index (Phi) is 8.65. The lowest BCUT2D eigenvalue weighted by atomic mass is 10.0. The Morgan fingerprint density at radius 3 is 1.48 bits per heavy atom. The molecule has 2 aliphatic rings. The fourth-order valence-corrected chi connectivity index (χ4v) is 2.89. The Labute approximate surface area is 132 Å². The summed E-state index contributed by atoms with van der Waals surface area (Å²) in [6.45, 7) is 6.34. The number of rotatable bonds is 6. The lowest BCUT2D eigenvalue weighted by Gasteiger charge is -2.38. The SMILES string of the molecule is Cl.NCC(C(=O)C(CN)N1CCOCC1)N1CCOCC1. The highest BCUT2D eigenvalue weighted by atomic mass is 35.5. The van der Waals surface area contributed by atoms with E-state index in [-0.39, 0.29) is 30.3 Å². The first-order valence-corrected chi connectivity index (χ1v) is 7.35. The van der Waals surface area contributed by atoms with E-state index in [9.17, 15) is 4.79 Å². The topological polar surface area (TPSA) is 94.0 Å². The van der Waals surface area contributed by atoms with Crippen LogP contribution in [-0.2, 0) is 14.3 Å². The molecular formula is C13H27ClN4O3. The highest BCUT2D eigenvalue weighted by Gasteiger charge is 2.34. The van der Waals surface area contributed by atoms with Crippen molar-refractivity contribution in [3.8, 4) is 0 Å². The van der Waals surface area contributed by atoms with Gasteiger partial charge in [0.1, 0.15) is 0 Å². The van der Waals surface area contributed by atoms with Crippen LogP contribution in [0, 0.1) is 0 Å². The smallest absolute Gasteiger partial charge is 0.169 e. The van der Waals surface area contributed by atoms with Crippen molar-refractivity contribution >= 4 is 18.2 Å². The van der Waals surface area contributed by atoms with Crippen LogP contribution in [0.5, 0.6) is 0 Å². The van der Waals surface area contributed by atoms with Gasteiger partial charge in [-0.15, -0.1) is 12.4 Å². The van der Waals surface area contributed by atoms with Gasteiger partial charge >= 0.3 is 0 Å². The third-order valence-electron chi connectivity index (χ3n) is 4.08. The quantitative estimate of drug-likeness (QED) is 0.602. The van der Waals surface area contributed by atoms with Gasteiger partial charge in [-0.2, -0.15) is 0 Å². The second-order valence-corrected chi connectivity index (χ2v) is 5.20. The number of morpholine rings is 2. The van der Waals surface area contributed by atoms with Gasteiger partial charge in [0, 0.05) is 39.3 Å². The lowest BCUT2D eigenvalue weighted by molar-refractivity contribution is -0.132. The number of Topliss-reactive ketones (excluding diaryl/α,β-unsaturated/α-hetero) is 1. The molecular weight excluding hydrogens is 296 g/mol. The van der Waals surface area contributed by atoms with Gasteiger partial charge in [-0.1, -0.05) is 0 Å². The van der Waals surface area contributed by atoms with Crippen molar-refractivity contribution in [2.75, 3.05) is 65.7 Å². The first-order chi connectivity index (χ1) is 9.77. The zero-order valence-corrected chi connectivity index (χ0v) is 13.2. The summed E-state index contributed by atoms with van der Waals surface area (Å²) in [6, 6.07) is -0.509. The zero-order valence-electron chi connectivity index (χ0n) is 12.4. The van der Waals surface area contributed by atoms with Crippen LogP contribution in [0.2, 0.25) is 0 Å². The van der Waals surface area contributed by atoms with E-state index in [0.717, 1.165) is 26.2 Å². The number of nitrogens with two attached hydrogens (primary N) is 2. The average molecular weight is 323 g/mol. The normalized spacial score (nSPS) is 24.1. The van der Waals surface area contributed by atoms with Crippen molar-refractivity contribution < 1.29 is 14.3 Å². The third-order valence-corrected chi connectivity index (χ3v) is 4.08. The zero-order chi connectivity index (χ0) is 14.4. The predicted molar refractivity (Wildman–Crippen MR) is 82.7 cm³/mol. The van der Waals surface area contributed by atoms with Gasteiger partial charge in [-0.3, -0.25) is 14.6 Å². The van der Waals surface area contributed by atoms with E-state index in [2.05, 4.69) is 9.80 Å². The maximum absolute atomic E-state index is 12.8. The number of carbonyl (C=O) groups excluding carboxylic acids is 1. The van der Waals surface area contributed by atoms with Crippen LogP contribution in [0.1, 0.15) is 0 Å². The summed E-state index contributed by atoms with van der Waals surface area (Å²) in [5.41, 5.74) is 11.7. The number of halogens is 1. The molecule has 2 heterocycles. The molecule has 0 aliphatic carbocycles. The second kappa shape index (κ2) is 9.68. The summed E-state index contributed by atoms with van der Waals surface area (Å²) >= 11 is 0. The van der Waals surface area contributed by atoms with Crippen LogP contribution in [-0.4, -0.2) is 93.4 Å². The van der Waals surface area contributed by atoms with Crippen molar-refractivity contribution in [1.29, 1.82) is 0 Å². The van der Waals surface area contributed by atoms with Crippen LogP contribution in [0.15, 0.2) is 0 Å². The largest absolute Gasteiger partial charge is 0.379 e. The van der Waals surface area contributed by atoms with Gasteiger partial charge in [0.2, 0.25) is 0 Å². The first-order valence-electron chi connectivity index (χ1n) is 7.35. The molecule has 0 radical (unpaired) electrons. The van der Waals surface area contributed by atoms with E-state index in [1.165, 1.54) is 0 Å². The maximum Gasteiger partial charge on any atom is 0.169 e. The molecule has 2 fully saturated rings. The molecule has 0 amide bonds. The number of hydrogen-bond donors (Lipinski definition) is 2. The summed E-state index contributed by atoms with van der Waals surface area (Å²) in [5, 5.41) is 0. The third kappa shape index (κ3) is 4.85. The molecule has 21 heavy (non-hydrogen) atoms. The highest BCUT2D eigenvalue weighted by Crippen LogP contribution is 2.11. The molecule has 0 aromatic carbocycles. The Morgan fingerprint density at radius 2 is 1.19 bits per heavy atom. The van der Waals surface area contributed by atoms with E-state index >= 15 is 0 Å². The molecule has 0 spiro atoms. The average Bonchev–Trinajstić information content (AvgIpc) is 2.51. The molecule has 2 saturated heterocycles. The van der Waals surface area contributed by atoms with Crippen molar-refractivity contribution in [2.45, 2.75) is 12.1 Å². The molecule has 4 N–H and O–H groups in total. The van der Waals surface area contributed by atoms with Crippen LogP contribution in [0.3, 0.4) is 0 Å². The highest BCUT2D eigenvalue weighted by molar-refractivity contribution is 5.89. The Morgan fingerprint density at radius 1 is 0.857 bits per heavy atom. The minimum absolute atomic E-state index is 0. The molecule has 8 heteroatoms. The molecule has 2 unspecified atom stereocenters. The first kappa shape index (κ1) is 18.8. The van der Waals surface area contributed by atoms with E-state index in [1.54, 1.807) is 0 Å². The summed E-state index contributed by atoms with van der Waals surface area (Å²) in [7, 11) is 0. The van der Waals surface area contributed by atoms with Crippen molar-refractivity contribution in [3.63, 3.8) is 0 Å². The summed E-state index contributed by atoms with van der Waals surface area (Å²) < 4.78 is 10.7. The van der Waals surface area contributed by atoms with E-state index < -0.39 is 0 Å². The summed E-state index contributed by atoms with van der Waals surface area (Å²) in [6.07, 6.45) is 0. The summed E-state index contributed by atoms with van der Waals surface area (Å²) in [5.74, 6) is 0.138. The van der Waals surface area contributed by atoms with Gasteiger partial charge in [-0.25, -0.2) is 0 Å². The molecule has 2 atom stereocenters. The fraction of sp³-hybridized carbons (Fsp3) is 0.923. The van der Waals surface area contributed by atoms with Gasteiger partial charge in [0.25, 0.3) is 0 Å². The van der Waals surface area contributed by atoms with Crippen LogP contribution in [0.4, 0.5) is 0 Å². The van der Waals surface area contributed by atoms with Crippen LogP contribution in [0.25, 0.3) is 0 Å². The molecule has 124 valence electrons. The molecule has 0 saturated carbocycles. The van der Waals surface area contributed by atoms with E-state index in [1.807, 2.05) is 0 Å². The number of carbonyl (C=O) groups is 1. The Bertz CT molecular complexity index is 282. The minimum Gasteiger partial charge on any atom is -0.379 e. The van der Waals surface area contributed by atoms with Gasteiger partial charge < -0.3 is 20.9 Å². The number of hydrogen-bond acceptors (Lipinski definition) is 7. The van der Waals surface area contributed by atoms with Gasteiger partial charge in [0.15, 0.2) is 5.78 Å². The van der Waals surface area contributed by atoms with Crippen molar-refractivity contribution in [2.24, 2.45) is 11.5 Å². The molecule has 2 rings (SSSR count). The Balaban J connectivity index is 0.00000220. The Hall–Kier alpha value is -0.280. The minimum atomic E-state index is -0.254. The van der Waals surface area contributed by atoms with Gasteiger partial charge in [0.05, 0.1) is 38.5 Å². The lowest BCUT2D eigenvalue weighted by Crippen LogP contribution is -2.59. The molecule has 0 aromatic heterocycles. The molecule has 0 aromatic rings. The van der Waals surface area contributed by atoms with E-state index in [4.69, 9.17) is 20.9 Å². The van der Waals surface area contributed by atoms with Gasteiger partial charge in [-0.05, 0) is 0 Å². The standard InChI is InChI=1S/C13H26N4O3.ClH/c14-9-11(16-1-5-19-6-2-16)13(18)12(10-15)17-3-7-20-8-4-17;/h11-12H,1-10,14-15H2;1H. The molecule has 0 bridgehead atoms. The monoisotopic (exact) mass is 322 g/mol. The van der Waals surface area contributed by atoms with Crippen molar-refractivity contribution in [3.05, 3.63) is 0 Å². The van der Waals surface area contributed by atoms with Crippen LogP contribution >= 0.6 is 12.4 Å². The predicted octanol–water partition coefficient (Wildman–Crippen LogP) is -1.70. The fourth-order valence-electron chi connectivity index (χ4n) is 2.89. The number of ether oxygens (including phenoxy) is 2. The maximum atomic E-state index is 12.8. The number of ketones is 1. The second-order valence-electron chi connectivity index (χ2n) is 5.20. The molecule has 2 aliphatic heterocycles. The van der Waals surface area contributed by atoms with Crippen LogP contribution < -0.4 is 11.5 Å². The van der Waals surface area contributed by atoms with Crippen molar-refractivity contribution in [1.82, 2.24) is 9.80 Å². The van der Waals surface area contributed by atoms with E-state index in [0.29, 0.717) is 39.5 Å². The number of nitrogens with zero attached hydrogens (tertiary/aromatic N) is 2. The molecule has 7 nitrogen and oxygen atoms in total. The summed E-state index contributed by atoms with van der Waals surface area (Å²) in [4.78, 5) is 17.0.